The highest BCUT2D eigenvalue weighted by Gasteiger charge is 2.40. The van der Waals surface area contributed by atoms with Crippen molar-refractivity contribution in [1.29, 1.82) is 5.26 Å². The minimum Gasteiger partial charge on any atom is -0.373 e. The van der Waals surface area contributed by atoms with Gasteiger partial charge in [-0.3, -0.25) is 0 Å². The number of hydrogen-bond donors (Lipinski definition) is 0. The Morgan fingerprint density at radius 2 is 2.09 bits per heavy atom. The number of hydrogen-bond acceptors (Lipinski definition) is 2. The Kier molecular flexibility index (Phi) is 1.61. The Bertz CT molecular complexity index is 184. The first kappa shape index (κ1) is 7.12. The average Bonchev–Trinajstić information content (AvgIpc) is 2.68. The fourth-order valence-corrected chi connectivity index (χ4v) is 2.04. The van der Waals surface area contributed by atoms with E-state index >= 15 is 0 Å². The van der Waals surface area contributed by atoms with Crippen molar-refractivity contribution in [1.82, 2.24) is 0 Å². The first-order valence-corrected chi connectivity index (χ1v) is 4.38. The molecule has 2 rings (SSSR count). The van der Waals surface area contributed by atoms with Crippen molar-refractivity contribution in [2.24, 2.45) is 5.41 Å². The molecular weight excluding hydrogens is 138 g/mol. The summed E-state index contributed by atoms with van der Waals surface area (Å²) in [6.45, 7) is 0.892. The Balaban J connectivity index is 1.97. The van der Waals surface area contributed by atoms with Crippen LogP contribution in [0.15, 0.2) is 0 Å². The van der Waals surface area contributed by atoms with Crippen LogP contribution in [-0.4, -0.2) is 12.7 Å². The third-order valence-electron chi connectivity index (χ3n) is 2.82. The van der Waals surface area contributed by atoms with E-state index in [0.717, 1.165) is 25.9 Å². The number of epoxide rings is 1. The number of nitrogens with zero attached hydrogens (tertiary/aromatic N) is 1. The quantitative estimate of drug-likeness (QED) is 0.565. The average molecular weight is 151 g/mol. The highest BCUT2D eigenvalue weighted by atomic mass is 16.6. The first-order valence-electron chi connectivity index (χ1n) is 4.38. The van der Waals surface area contributed by atoms with Crippen LogP contribution in [0.25, 0.3) is 0 Å². The van der Waals surface area contributed by atoms with Crippen molar-refractivity contribution >= 4 is 0 Å². The molecule has 1 unspecified atom stereocenters. The molecule has 0 aromatic heterocycles. The topological polar surface area (TPSA) is 36.3 Å². The third kappa shape index (κ3) is 1.39. The monoisotopic (exact) mass is 151 g/mol. The van der Waals surface area contributed by atoms with E-state index in [1.165, 1.54) is 12.8 Å². The van der Waals surface area contributed by atoms with Crippen LogP contribution in [0, 0.1) is 16.7 Å². The van der Waals surface area contributed by atoms with Crippen LogP contribution in [0.1, 0.15) is 32.1 Å². The molecule has 0 N–H and O–H groups in total. The summed E-state index contributed by atoms with van der Waals surface area (Å²) in [5.74, 6) is 0. The fraction of sp³-hybridized carbons (Fsp3) is 0.889. The van der Waals surface area contributed by atoms with Crippen LogP contribution in [-0.2, 0) is 4.74 Å². The molecule has 1 atom stereocenters. The molecule has 1 saturated carbocycles. The van der Waals surface area contributed by atoms with Gasteiger partial charge in [0.15, 0.2) is 0 Å². The first-order chi connectivity index (χ1) is 5.35. The lowest BCUT2D eigenvalue weighted by molar-refractivity contribution is 0.301. The summed E-state index contributed by atoms with van der Waals surface area (Å²) >= 11 is 0. The van der Waals surface area contributed by atoms with Crippen LogP contribution in [0.2, 0.25) is 0 Å². The van der Waals surface area contributed by atoms with Gasteiger partial charge in [0.25, 0.3) is 0 Å². The predicted molar refractivity (Wildman–Crippen MR) is 40.9 cm³/mol. The summed E-state index contributed by atoms with van der Waals surface area (Å²) in [6, 6.07) is 2.47. The van der Waals surface area contributed by atoms with Gasteiger partial charge in [-0.25, -0.2) is 0 Å². The number of rotatable bonds is 2. The molecule has 0 amide bonds. The lowest BCUT2D eigenvalue weighted by Crippen LogP contribution is -2.15. The molecule has 0 aromatic carbocycles. The Morgan fingerprint density at radius 3 is 2.55 bits per heavy atom. The zero-order valence-corrected chi connectivity index (χ0v) is 6.68. The summed E-state index contributed by atoms with van der Waals surface area (Å²) in [6.07, 6.45) is 6.09. The van der Waals surface area contributed by atoms with Crippen LogP contribution in [0.5, 0.6) is 0 Å². The van der Waals surface area contributed by atoms with Gasteiger partial charge in [-0.05, 0) is 19.3 Å². The summed E-state index contributed by atoms with van der Waals surface area (Å²) in [5, 5.41) is 8.99. The van der Waals surface area contributed by atoms with Crippen LogP contribution < -0.4 is 0 Å². The largest absolute Gasteiger partial charge is 0.373 e. The summed E-state index contributed by atoms with van der Waals surface area (Å²) in [7, 11) is 0. The van der Waals surface area contributed by atoms with Crippen molar-refractivity contribution in [2.45, 2.75) is 38.2 Å². The summed E-state index contributed by atoms with van der Waals surface area (Å²) < 4.78 is 5.15. The second-order valence-corrected chi connectivity index (χ2v) is 3.76. The van der Waals surface area contributed by atoms with Gasteiger partial charge in [0, 0.05) is 0 Å². The standard InChI is InChI=1S/C9H13NO/c10-7-9(3-1-2-4-9)5-8-6-11-8/h8H,1-6H2. The summed E-state index contributed by atoms with van der Waals surface area (Å²) in [4.78, 5) is 0. The number of ether oxygens (including phenoxy) is 1. The SMILES string of the molecule is N#CC1(CC2CO2)CCCC1. The third-order valence-corrected chi connectivity index (χ3v) is 2.82. The molecule has 2 fully saturated rings. The van der Waals surface area contributed by atoms with E-state index in [-0.39, 0.29) is 5.41 Å². The lowest BCUT2D eigenvalue weighted by Gasteiger charge is -2.17. The molecular formula is C9H13NO. The lowest BCUT2D eigenvalue weighted by atomic mass is 9.83. The molecule has 60 valence electrons. The van der Waals surface area contributed by atoms with Crippen molar-refractivity contribution in [3.05, 3.63) is 0 Å². The Morgan fingerprint density at radius 1 is 1.45 bits per heavy atom. The highest BCUT2D eigenvalue weighted by Crippen LogP contribution is 2.43. The van der Waals surface area contributed by atoms with Crippen LogP contribution in [0.4, 0.5) is 0 Å². The van der Waals surface area contributed by atoms with E-state index in [1.54, 1.807) is 0 Å². The zero-order chi connectivity index (χ0) is 7.73. The van der Waals surface area contributed by atoms with Crippen LogP contribution in [0.3, 0.4) is 0 Å². The Hall–Kier alpha value is -0.550. The second kappa shape index (κ2) is 2.49. The number of nitriles is 1. The van der Waals surface area contributed by atoms with E-state index in [4.69, 9.17) is 10.00 Å². The summed E-state index contributed by atoms with van der Waals surface area (Å²) in [5.41, 5.74) is 0.00116. The van der Waals surface area contributed by atoms with E-state index < -0.39 is 0 Å². The van der Waals surface area contributed by atoms with Gasteiger partial charge in [0.2, 0.25) is 0 Å². The van der Waals surface area contributed by atoms with Crippen molar-refractivity contribution < 1.29 is 4.74 Å². The molecule has 1 heterocycles. The van der Waals surface area contributed by atoms with E-state index in [1.807, 2.05) is 0 Å². The van der Waals surface area contributed by atoms with Crippen molar-refractivity contribution in [3.63, 3.8) is 0 Å². The van der Waals surface area contributed by atoms with Gasteiger partial charge >= 0.3 is 0 Å². The van der Waals surface area contributed by atoms with Gasteiger partial charge in [0.1, 0.15) is 0 Å². The molecule has 1 aliphatic heterocycles. The van der Waals surface area contributed by atoms with Gasteiger partial charge in [-0.2, -0.15) is 5.26 Å². The highest BCUT2D eigenvalue weighted by molar-refractivity contribution is 5.04. The zero-order valence-electron chi connectivity index (χ0n) is 6.68. The fourth-order valence-electron chi connectivity index (χ4n) is 2.04. The predicted octanol–water partition coefficient (Wildman–Crippen LogP) is 1.86. The van der Waals surface area contributed by atoms with Gasteiger partial charge in [-0.1, -0.05) is 12.8 Å². The van der Waals surface area contributed by atoms with Crippen molar-refractivity contribution in [2.75, 3.05) is 6.61 Å². The molecule has 0 bridgehead atoms. The molecule has 11 heavy (non-hydrogen) atoms. The molecule has 2 nitrogen and oxygen atoms in total. The smallest absolute Gasteiger partial charge is 0.0825 e. The van der Waals surface area contributed by atoms with Crippen molar-refractivity contribution in [3.8, 4) is 6.07 Å². The maximum atomic E-state index is 8.99. The Labute approximate surface area is 67.2 Å². The van der Waals surface area contributed by atoms with E-state index in [2.05, 4.69) is 6.07 Å². The maximum absolute atomic E-state index is 8.99. The van der Waals surface area contributed by atoms with Gasteiger partial charge in [0.05, 0.1) is 24.2 Å². The molecule has 2 aliphatic rings. The van der Waals surface area contributed by atoms with E-state index in [0.29, 0.717) is 6.10 Å². The minimum atomic E-state index is 0.00116. The normalized spacial score (nSPS) is 33.2. The van der Waals surface area contributed by atoms with Gasteiger partial charge < -0.3 is 4.74 Å². The van der Waals surface area contributed by atoms with Gasteiger partial charge in [-0.15, -0.1) is 0 Å². The molecule has 1 saturated heterocycles. The molecule has 0 spiro atoms. The molecule has 0 aromatic rings. The maximum Gasteiger partial charge on any atom is 0.0825 e. The minimum absolute atomic E-state index is 0.00116. The van der Waals surface area contributed by atoms with Crippen LogP contribution >= 0.6 is 0 Å². The molecule has 0 radical (unpaired) electrons. The van der Waals surface area contributed by atoms with E-state index in [9.17, 15) is 0 Å². The molecule has 2 heteroatoms. The second-order valence-electron chi connectivity index (χ2n) is 3.76. The molecule has 1 aliphatic carbocycles.